The lowest BCUT2D eigenvalue weighted by atomic mass is 10.2. The highest BCUT2D eigenvalue weighted by atomic mass is 35.5. The summed E-state index contributed by atoms with van der Waals surface area (Å²) in [6.45, 7) is 0. The third-order valence-corrected chi connectivity index (χ3v) is 5.76. The molecule has 0 atom stereocenters. The molecule has 8 nitrogen and oxygen atoms in total. The molecule has 0 heterocycles. The predicted octanol–water partition coefficient (Wildman–Crippen LogP) is 3.89. The molecule has 0 radical (unpaired) electrons. The Morgan fingerprint density at radius 2 is 1.62 bits per heavy atom. The first-order chi connectivity index (χ1) is 15.3. The van der Waals surface area contributed by atoms with Gasteiger partial charge in [0, 0.05) is 5.56 Å². The number of hydrazone groups is 1. The molecule has 0 aliphatic carbocycles. The lowest BCUT2D eigenvalue weighted by molar-refractivity contribution is 0.0954. The average molecular weight is 475 g/mol. The molecule has 0 saturated heterocycles. The van der Waals surface area contributed by atoms with Gasteiger partial charge in [-0.1, -0.05) is 29.8 Å². The van der Waals surface area contributed by atoms with Gasteiger partial charge in [0.1, 0.15) is 4.90 Å². The number of benzene rings is 3. The third kappa shape index (κ3) is 5.57. The number of methoxy groups -OCH3 is 2. The lowest BCUT2D eigenvalue weighted by Crippen LogP contribution is -2.17. The molecule has 1 amide bonds. The fourth-order valence-corrected chi connectivity index (χ4v) is 3.87. The van der Waals surface area contributed by atoms with E-state index in [1.807, 2.05) is 0 Å². The number of carbonyl (C=O) groups is 1. The maximum absolute atomic E-state index is 12.3. The summed E-state index contributed by atoms with van der Waals surface area (Å²) in [6, 6.07) is 16.8. The molecule has 32 heavy (non-hydrogen) atoms. The quantitative estimate of drug-likeness (QED) is 0.302. The molecule has 0 aliphatic heterocycles. The van der Waals surface area contributed by atoms with E-state index >= 15 is 0 Å². The molecule has 0 spiro atoms. The van der Waals surface area contributed by atoms with Crippen LogP contribution in [0.4, 0.5) is 0 Å². The van der Waals surface area contributed by atoms with Gasteiger partial charge in [0.2, 0.25) is 0 Å². The maximum atomic E-state index is 12.3. The van der Waals surface area contributed by atoms with Crippen molar-refractivity contribution in [3.63, 3.8) is 0 Å². The van der Waals surface area contributed by atoms with Crippen molar-refractivity contribution in [1.82, 2.24) is 5.43 Å². The van der Waals surface area contributed by atoms with Gasteiger partial charge >= 0.3 is 10.1 Å². The molecule has 10 heteroatoms. The van der Waals surface area contributed by atoms with E-state index in [1.165, 1.54) is 50.8 Å². The monoisotopic (exact) mass is 474 g/mol. The SMILES string of the molecule is COc1ccc(C(=O)N/N=C/c2ccc(OS(=O)(=O)c3ccccc3)c(Cl)c2)cc1OC. The van der Waals surface area contributed by atoms with Crippen molar-refractivity contribution in [2.75, 3.05) is 14.2 Å². The van der Waals surface area contributed by atoms with E-state index in [1.54, 1.807) is 36.4 Å². The smallest absolute Gasteiger partial charge is 0.339 e. The number of hydrogen-bond acceptors (Lipinski definition) is 7. The van der Waals surface area contributed by atoms with Gasteiger partial charge in [-0.3, -0.25) is 4.79 Å². The Labute approximate surface area is 190 Å². The van der Waals surface area contributed by atoms with Crippen molar-refractivity contribution in [1.29, 1.82) is 0 Å². The van der Waals surface area contributed by atoms with E-state index in [4.69, 9.17) is 25.3 Å². The molecule has 1 N–H and O–H groups in total. The van der Waals surface area contributed by atoms with Gasteiger partial charge in [-0.05, 0) is 54.1 Å². The number of nitrogens with zero attached hydrogens (tertiary/aromatic N) is 1. The fourth-order valence-electron chi connectivity index (χ4n) is 2.63. The third-order valence-electron chi connectivity index (χ3n) is 4.21. The maximum Gasteiger partial charge on any atom is 0.339 e. The normalized spacial score (nSPS) is 11.2. The number of rotatable bonds is 8. The topological polar surface area (TPSA) is 103 Å². The minimum Gasteiger partial charge on any atom is -0.493 e. The Balaban J connectivity index is 1.67. The lowest BCUT2D eigenvalue weighted by Gasteiger charge is -2.09. The van der Waals surface area contributed by atoms with Crippen LogP contribution in [0, 0.1) is 0 Å². The Morgan fingerprint density at radius 3 is 2.28 bits per heavy atom. The van der Waals surface area contributed by atoms with E-state index in [2.05, 4.69) is 10.5 Å². The van der Waals surface area contributed by atoms with Gasteiger partial charge in [-0.15, -0.1) is 0 Å². The van der Waals surface area contributed by atoms with E-state index in [-0.39, 0.29) is 15.7 Å². The largest absolute Gasteiger partial charge is 0.493 e. The molecule has 0 aromatic heterocycles. The zero-order chi connectivity index (χ0) is 23.1. The van der Waals surface area contributed by atoms with Crippen LogP contribution >= 0.6 is 11.6 Å². The number of hydrogen-bond donors (Lipinski definition) is 1. The molecule has 3 rings (SSSR count). The molecule has 0 saturated carbocycles. The highest BCUT2D eigenvalue weighted by Gasteiger charge is 2.18. The zero-order valence-electron chi connectivity index (χ0n) is 17.1. The second-order valence-electron chi connectivity index (χ2n) is 6.31. The number of ether oxygens (including phenoxy) is 2. The first-order valence-electron chi connectivity index (χ1n) is 9.18. The van der Waals surface area contributed by atoms with Gasteiger partial charge in [-0.2, -0.15) is 13.5 Å². The van der Waals surface area contributed by atoms with E-state index in [9.17, 15) is 13.2 Å². The molecule has 3 aromatic carbocycles. The minimum atomic E-state index is -4.01. The van der Waals surface area contributed by atoms with Gasteiger partial charge in [-0.25, -0.2) is 5.43 Å². The van der Waals surface area contributed by atoms with Gasteiger partial charge in [0.15, 0.2) is 17.2 Å². The highest BCUT2D eigenvalue weighted by molar-refractivity contribution is 7.87. The summed E-state index contributed by atoms with van der Waals surface area (Å²) in [5.74, 6) is 0.431. The van der Waals surface area contributed by atoms with Crippen LogP contribution in [0.2, 0.25) is 5.02 Å². The van der Waals surface area contributed by atoms with Crippen LogP contribution in [-0.2, 0) is 10.1 Å². The molecule has 0 aliphatic rings. The highest BCUT2D eigenvalue weighted by Crippen LogP contribution is 2.29. The van der Waals surface area contributed by atoms with Crippen LogP contribution in [0.3, 0.4) is 0 Å². The Morgan fingerprint density at radius 1 is 0.938 bits per heavy atom. The summed E-state index contributed by atoms with van der Waals surface area (Å²) in [6.07, 6.45) is 1.36. The van der Waals surface area contributed by atoms with Crippen molar-refractivity contribution < 1.29 is 26.9 Å². The molecule has 3 aromatic rings. The van der Waals surface area contributed by atoms with Crippen molar-refractivity contribution in [3.8, 4) is 17.2 Å². The summed E-state index contributed by atoms with van der Waals surface area (Å²) < 4.78 is 40.1. The summed E-state index contributed by atoms with van der Waals surface area (Å²) in [5, 5.41) is 3.96. The Kier molecular flexibility index (Phi) is 7.34. The number of halogens is 1. The number of nitrogens with one attached hydrogen (secondary N) is 1. The van der Waals surface area contributed by atoms with Gasteiger partial charge in [0.25, 0.3) is 5.91 Å². The fraction of sp³-hybridized carbons (Fsp3) is 0.0909. The van der Waals surface area contributed by atoms with Gasteiger partial charge < -0.3 is 13.7 Å². The minimum absolute atomic E-state index is 0.0135. The van der Waals surface area contributed by atoms with Crippen molar-refractivity contribution in [2.24, 2.45) is 5.10 Å². The molecular weight excluding hydrogens is 456 g/mol. The first-order valence-corrected chi connectivity index (χ1v) is 11.0. The average Bonchev–Trinajstić information content (AvgIpc) is 2.80. The Hall–Kier alpha value is -3.56. The standard InChI is InChI=1S/C22H19ClN2O6S/c1-29-20-11-9-16(13-21(20)30-2)22(26)25-24-14-15-8-10-19(18(23)12-15)31-32(27,28)17-6-4-3-5-7-17/h3-14H,1-2H3,(H,25,26)/b24-14+. The van der Waals surface area contributed by atoms with Crippen LogP contribution < -0.4 is 19.1 Å². The number of carbonyl (C=O) groups excluding carboxylic acids is 1. The van der Waals surface area contributed by atoms with Crippen molar-refractivity contribution in [3.05, 3.63) is 82.9 Å². The Bertz CT molecular complexity index is 1250. The molecule has 0 bridgehead atoms. The zero-order valence-corrected chi connectivity index (χ0v) is 18.7. The van der Waals surface area contributed by atoms with E-state index in [0.717, 1.165) is 0 Å². The summed E-state index contributed by atoms with van der Waals surface area (Å²) in [7, 11) is -1.04. The summed E-state index contributed by atoms with van der Waals surface area (Å²) in [5.41, 5.74) is 3.24. The number of amides is 1. The van der Waals surface area contributed by atoms with Crippen molar-refractivity contribution in [2.45, 2.75) is 4.90 Å². The second-order valence-corrected chi connectivity index (χ2v) is 8.26. The van der Waals surface area contributed by atoms with Crippen LogP contribution in [0.25, 0.3) is 0 Å². The van der Waals surface area contributed by atoms with Crippen LogP contribution in [0.1, 0.15) is 15.9 Å². The molecule has 0 fully saturated rings. The molecular formula is C22H19ClN2O6S. The van der Waals surface area contributed by atoms with E-state index < -0.39 is 16.0 Å². The van der Waals surface area contributed by atoms with Crippen LogP contribution in [0.5, 0.6) is 17.2 Å². The van der Waals surface area contributed by atoms with Crippen molar-refractivity contribution >= 4 is 33.8 Å². The van der Waals surface area contributed by atoms with E-state index in [0.29, 0.717) is 22.6 Å². The second kappa shape index (κ2) is 10.2. The summed E-state index contributed by atoms with van der Waals surface area (Å²) >= 11 is 6.16. The van der Waals surface area contributed by atoms with Crippen LogP contribution in [-0.4, -0.2) is 34.8 Å². The van der Waals surface area contributed by atoms with Crippen LogP contribution in [0.15, 0.2) is 76.7 Å². The first kappa shape index (κ1) is 23.1. The predicted molar refractivity (Wildman–Crippen MR) is 120 cm³/mol. The molecule has 0 unspecified atom stereocenters. The van der Waals surface area contributed by atoms with Gasteiger partial charge in [0.05, 0.1) is 25.5 Å². The molecule has 166 valence electrons. The summed E-state index contributed by atoms with van der Waals surface area (Å²) in [4.78, 5) is 12.3.